The lowest BCUT2D eigenvalue weighted by atomic mass is 10.3. The number of hydrogen-bond acceptors (Lipinski definition) is 3. The van der Waals surface area contributed by atoms with Crippen molar-refractivity contribution in [1.29, 1.82) is 5.41 Å². The van der Waals surface area contributed by atoms with Crippen LogP contribution in [0.5, 0.6) is 0 Å². The van der Waals surface area contributed by atoms with E-state index in [9.17, 15) is 0 Å². The Morgan fingerprint density at radius 3 is 2.70 bits per heavy atom. The van der Waals surface area contributed by atoms with Crippen molar-refractivity contribution in [3.8, 4) is 0 Å². The fraction of sp³-hybridized carbons (Fsp3) is 0. The van der Waals surface area contributed by atoms with Gasteiger partial charge in [0.05, 0.1) is 17.4 Å². The number of hydrogen-bond donors (Lipinski definition) is 2. The third-order valence-corrected chi connectivity index (χ3v) is 1.11. The largest absolute Gasteiger partial charge is 0.397 e. The molecule has 1 rings (SSSR count). The smallest absolute Gasteiger partial charge is 0.0975 e. The van der Waals surface area contributed by atoms with Crippen LogP contribution in [-0.4, -0.2) is 6.01 Å². The molecular formula is C7H7N3. The maximum Gasteiger partial charge on any atom is 0.0975 e. The Morgan fingerprint density at radius 2 is 2.10 bits per heavy atom. The van der Waals surface area contributed by atoms with Gasteiger partial charge in [0.25, 0.3) is 0 Å². The lowest BCUT2D eigenvalue weighted by Gasteiger charge is -1.93. The van der Waals surface area contributed by atoms with Gasteiger partial charge in [-0.15, -0.1) is 0 Å². The van der Waals surface area contributed by atoms with Gasteiger partial charge in [-0.25, -0.2) is 5.41 Å². The number of aliphatic imine (C=N–C) groups is 1. The van der Waals surface area contributed by atoms with Crippen LogP contribution in [-0.2, 0) is 0 Å². The highest BCUT2D eigenvalue weighted by molar-refractivity contribution is 5.65. The van der Waals surface area contributed by atoms with Crippen LogP contribution in [0.25, 0.3) is 0 Å². The number of para-hydroxylation sites is 2. The van der Waals surface area contributed by atoms with Crippen LogP contribution in [0.15, 0.2) is 29.3 Å². The van der Waals surface area contributed by atoms with E-state index in [1.807, 2.05) is 18.1 Å². The summed E-state index contributed by atoms with van der Waals surface area (Å²) >= 11 is 0. The first-order valence-electron chi connectivity index (χ1n) is 2.81. The van der Waals surface area contributed by atoms with Gasteiger partial charge in [-0.1, -0.05) is 12.1 Å². The topological polar surface area (TPSA) is 62.2 Å². The number of nitrogens with zero attached hydrogens (tertiary/aromatic N) is 1. The van der Waals surface area contributed by atoms with Gasteiger partial charge in [0.1, 0.15) is 0 Å². The lowest BCUT2D eigenvalue weighted by Crippen LogP contribution is -1.82. The van der Waals surface area contributed by atoms with Gasteiger partial charge in [0.2, 0.25) is 0 Å². The van der Waals surface area contributed by atoms with E-state index >= 15 is 0 Å². The molecule has 1 aromatic rings. The van der Waals surface area contributed by atoms with E-state index in [4.69, 9.17) is 11.1 Å². The molecule has 0 saturated carbocycles. The number of anilines is 1. The summed E-state index contributed by atoms with van der Waals surface area (Å²) < 4.78 is 0. The van der Waals surface area contributed by atoms with Crippen molar-refractivity contribution < 1.29 is 0 Å². The van der Waals surface area contributed by atoms with E-state index in [0.29, 0.717) is 11.4 Å². The van der Waals surface area contributed by atoms with Crippen LogP contribution in [0.2, 0.25) is 0 Å². The second-order valence-corrected chi connectivity index (χ2v) is 1.78. The molecule has 0 aliphatic rings. The molecule has 0 fully saturated rings. The average Bonchev–Trinajstić information content (AvgIpc) is 1.94. The monoisotopic (exact) mass is 133 g/mol. The first-order chi connectivity index (χ1) is 4.84. The van der Waals surface area contributed by atoms with Gasteiger partial charge in [0, 0.05) is 0 Å². The first kappa shape index (κ1) is 6.52. The summed E-state index contributed by atoms with van der Waals surface area (Å²) in [5.74, 6) is 0. The fourth-order valence-corrected chi connectivity index (χ4v) is 0.650. The third kappa shape index (κ3) is 1.21. The molecule has 0 spiro atoms. The van der Waals surface area contributed by atoms with E-state index in [2.05, 4.69) is 4.99 Å². The molecule has 0 aromatic heterocycles. The minimum atomic E-state index is 0.572. The predicted octanol–water partition coefficient (Wildman–Crippen LogP) is 1.65. The summed E-state index contributed by atoms with van der Waals surface area (Å²) in [6.07, 6.45) is 0. The second-order valence-electron chi connectivity index (χ2n) is 1.78. The average molecular weight is 133 g/mol. The van der Waals surface area contributed by atoms with Crippen molar-refractivity contribution in [3.63, 3.8) is 0 Å². The zero-order chi connectivity index (χ0) is 7.40. The number of nitrogens with one attached hydrogen (secondary N) is 1. The molecule has 0 radical (unpaired) electrons. The van der Waals surface area contributed by atoms with Gasteiger partial charge in [-0.05, 0) is 12.1 Å². The standard InChI is InChI=1S/C7H7N3/c8-5-10-7-4-2-1-3-6(7)9/h1-4,8H,9H2. The van der Waals surface area contributed by atoms with Crippen molar-refractivity contribution in [2.45, 2.75) is 0 Å². The van der Waals surface area contributed by atoms with Gasteiger partial charge in [-0.2, -0.15) is 4.99 Å². The highest BCUT2D eigenvalue weighted by Crippen LogP contribution is 2.18. The molecule has 10 heavy (non-hydrogen) atoms. The Balaban J connectivity index is 3.14. The second kappa shape index (κ2) is 2.80. The molecule has 1 aromatic carbocycles. The lowest BCUT2D eigenvalue weighted by molar-refractivity contribution is 1.48. The summed E-state index contributed by atoms with van der Waals surface area (Å²) in [6.45, 7) is 0. The van der Waals surface area contributed by atoms with Crippen molar-refractivity contribution in [3.05, 3.63) is 24.3 Å². The summed E-state index contributed by atoms with van der Waals surface area (Å²) in [4.78, 5) is 3.60. The third-order valence-electron chi connectivity index (χ3n) is 1.11. The van der Waals surface area contributed by atoms with Crippen molar-refractivity contribution in [1.82, 2.24) is 0 Å². The Hall–Kier alpha value is -1.60. The molecule has 0 saturated heterocycles. The van der Waals surface area contributed by atoms with E-state index in [1.165, 1.54) is 0 Å². The molecule has 0 bridgehead atoms. The molecule has 3 N–H and O–H groups in total. The molecular weight excluding hydrogens is 126 g/mol. The number of benzene rings is 1. The van der Waals surface area contributed by atoms with Crippen LogP contribution in [0.1, 0.15) is 0 Å². The molecule has 0 aliphatic carbocycles. The van der Waals surface area contributed by atoms with Crippen molar-refractivity contribution in [2.75, 3.05) is 5.73 Å². The van der Waals surface area contributed by atoms with E-state index in [0.717, 1.165) is 0 Å². The maximum absolute atomic E-state index is 6.56. The van der Waals surface area contributed by atoms with Crippen molar-refractivity contribution in [2.24, 2.45) is 4.99 Å². The van der Waals surface area contributed by atoms with Crippen LogP contribution in [0.4, 0.5) is 11.4 Å². The van der Waals surface area contributed by atoms with Crippen LogP contribution >= 0.6 is 0 Å². The van der Waals surface area contributed by atoms with Gasteiger partial charge in [0.15, 0.2) is 0 Å². The molecule has 50 valence electrons. The molecule has 3 nitrogen and oxygen atoms in total. The molecule has 0 amide bonds. The molecule has 0 aliphatic heterocycles. The highest BCUT2D eigenvalue weighted by atomic mass is 14.8. The molecule has 0 unspecified atom stereocenters. The minimum absolute atomic E-state index is 0.572. The zero-order valence-corrected chi connectivity index (χ0v) is 5.33. The number of nitrogen functional groups attached to an aromatic ring is 1. The van der Waals surface area contributed by atoms with Crippen molar-refractivity contribution >= 4 is 17.4 Å². The van der Waals surface area contributed by atoms with Crippen LogP contribution in [0, 0.1) is 5.41 Å². The Morgan fingerprint density at radius 1 is 1.40 bits per heavy atom. The molecule has 0 heterocycles. The van der Waals surface area contributed by atoms with Crippen LogP contribution in [0.3, 0.4) is 0 Å². The summed E-state index contributed by atoms with van der Waals surface area (Å²) in [5, 5.41) is 6.56. The Bertz CT molecular complexity index is 274. The van der Waals surface area contributed by atoms with Crippen LogP contribution < -0.4 is 5.73 Å². The highest BCUT2D eigenvalue weighted by Gasteiger charge is 1.90. The van der Waals surface area contributed by atoms with Gasteiger partial charge in [-0.3, -0.25) is 0 Å². The predicted molar refractivity (Wildman–Crippen MR) is 40.7 cm³/mol. The normalized spacial score (nSPS) is 8.40. The maximum atomic E-state index is 6.56. The molecule has 3 heteroatoms. The number of rotatable bonds is 1. The molecule has 0 atom stereocenters. The van der Waals surface area contributed by atoms with Gasteiger partial charge >= 0.3 is 0 Å². The zero-order valence-electron chi connectivity index (χ0n) is 5.33. The fourth-order valence-electron chi connectivity index (χ4n) is 0.650. The summed E-state index contributed by atoms with van der Waals surface area (Å²) in [7, 11) is 0. The van der Waals surface area contributed by atoms with E-state index in [1.54, 1.807) is 12.1 Å². The quantitative estimate of drug-likeness (QED) is 0.444. The Labute approximate surface area is 58.7 Å². The Kier molecular flexibility index (Phi) is 1.83. The minimum Gasteiger partial charge on any atom is -0.397 e. The first-order valence-corrected chi connectivity index (χ1v) is 2.81. The SMILES string of the molecule is N=C=Nc1ccccc1N. The number of nitrogens with two attached hydrogens (primary N) is 1. The van der Waals surface area contributed by atoms with E-state index < -0.39 is 0 Å². The summed E-state index contributed by atoms with van der Waals surface area (Å²) in [5.41, 5.74) is 6.66. The van der Waals surface area contributed by atoms with E-state index in [-0.39, 0.29) is 0 Å². The van der Waals surface area contributed by atoms with Gasteiger partial charge < -0.3 is 5.73 Å². The summed E-state index contributed by atoms with van der Waals surface area (Å²) in [6, 6.07) is 9.01.